The number of rotatable bonds is 3. The van der Waals surface area contributed by atoms with Crippen molar-refractivity contribution in [3.63, 3.8) is 0 Å². The maximum absolute atomic E-state index is 13.9. The number of benzene rings is 1. The number of alkyl halides is 6. The van der Waals surface area contributed by atoms with Gasteiger partial charge in [-0.05, 0) is 24.6 Å². The maximum atomic E-state index is 13.9. The van der Waals surface area contributed by atoms with Crippen LogP contribution in [0.25, 0.3) is 0 Å². The van der Waals surface area contributed by atoms with Gasteiger partial charge in [-0.2, -0.15) is 31.4 Å². The lowest BCUT2D eigenvalue weighted by Gasteiger charge is -2.28. The first-order chi connectivity index (χ1) is 13.3. The molecule has 0 saturated carbocycles. The molecule has 2 aromatic rings. The van der Waals surface area contributed by atoms with Gasteiger partial charge in [0.05, 0.1) is 23.4 Å². The average molecular weight is 421 g/mol. The van der Waals surface area contributed by atoms with Crippen LogP contribution >= 0.6 is 0 Å². The lowest BCUT2D eigenvalue weighted by Crippen LogP contribution is -2.44. The zero-order chi connectivity index (χ0) is 21.8. The molecule has 0 spiro atoms. The smallest absolute Gasteiger partial charge is 0.437 e. The molecule has 1 unspecified atom stereocenters. The molecule has 29 heavy (non-hydrogen) atoms. The van der Waals surface area contributed by atoms with Crippen LogP contribution in [-0.4, -0.2) is 32.7 Å². The molecule has 1 N–H and O–H groups in total. The number of aromatic nitrogens is 2. The lowest BCUT2D eigenvalue weighted by molar-refractivity contribution is -0.278. The summed E-state index contributed by atoms with van der Waals surface area (Å²) in [4.78, 5) is 16.0. The van der Waals surface area contributed by atoms with Gasteiger partial charge in [-0.1, -0.05) is 17.3 Å². The molecule has 0 aliphatic carbocycles. The van der Waals surface area contributed by atoms with E-state index < -0.39 is 41.7 Å². The summed E-state index contributed by atoms with van der Waals surface area (Å²) >= 11 is 0. The minimum absolute atomic E-state index is 0.0531. The Labute approximate surface area is 159 Å². The molecule has 6 nitrogen and oxygen atoms in total. The molecular formula is C17H13F6N3O3. The fourth-order valence-electron chi connectivity index (χ4n) is 3.04. The molecule has 2 heterocycles. The summed E-state index contributed by atoms with van der Waals surface area (Å²) in [6, 6.07) is 4.15. The van der Waals surface area contributed by atoms with Crippen molar-refractivity contribution >= 4 is 11.7 Å². The normalized spacial score (nSPS) is 19.8. The van der Waals surface area contributed by atoms with Crippen molar-refractivity contribution < 1.29 is 41.1 Å². The van der Waals surface area contributed by atoms with Crippen LogP contribution in [0.1, 0.15) is 39.3 Å². The molecule has 3 rings (SSSR count). The summed E-state index contributed by atoms with van der Waals surface area (Å²) in [5.41, 5.74) is -5.53. The van der Waals surface area contributed by atoms with Crippen LogP contribution in [0.5, 0.6) is 0 Å². The number of carboxylic acid groups (broad SMARTS) is 1. The van der Waals surface area contributed by atoms with Crippen LogP contribution < -0.4 is 0 Å². The molecule has 0 radical (unpaired) electrons. The number of aryl methyl sites for hydroxylation is 2. The van der Waals surface area contributed by atoms with Crippen LogP contribution in [0, 0.1) is 6.92 Å². The Morgan fingerprint density at radius 1 is 1.21 bits per heavy atom. The highest BCUT2D eigenvalue weighted by atomic mass is 19.4. The number of halogens is 6. The summed E-state index contributed by atoms with van der Waals surface area (Å²) in [6.07, 6.45) is -11.0. The first-order valence-electron chi connectivity index (χ1n) is 8.04. The number of hydrogen-bond acceptors (Lipinski definition) is 4. The second-order valence-electron chi connectivity index (χ2n) is 6.50. The monoisotopic (exact) mass is 421 g/mol. The van der Waals surface area contributed by atoms with Gasteiger partial charge in [0, 0.05) is 12.6 Å². The number of oxime groups is 1. The van der Waals surface area contributed by atoms with Crippen LogP contribution in [-0.2, 0) is 23.7 Å². The molecule has 0 bridgehead atoms. The van der Waals surface area contributed by atoms with E-state index in [4.69, 9.17) is 0 Å². The quantitative estimate of drug-likeness (QED) is 0.760. The molecule has 1 atom stereocenters. The van der Waals surface area contributed by atoms with Crippen molar-refractivity contribution in [1.29, 1.82) is 0 Å². The van der Waals surface area contributed by atoms with Gasteiger partial charge in [0.15, 0.2) is 5.69 Å². The van der Waals surface area contributed by atoms with Crippen LogP contribution in [0.2, 0.25) is 0 Å². The lowest BCUT2D eigenvalue weighted by atomic mass is 9.89. The van der Waals surface area contributed by atoms with E-state index in [2.05, 4.69) is 15.1 Å². The van der Waals surface area contributed by atoms with E-state index in [9.17, 15) is 36.2 Å². The van der Waals surface area contributed by atoms with Gasteiger partial charge in [0.25, 0.3) is 5.60 Å². The van der Waals surface area contributed by atoms with E-state index in [-0.39, 0.29) is 22.9 Å². The van der Waals surface area contributed by atoms with Gasteiger partial charge in [-0.25, -0.2) is 4.79 Å². The molecule has 1 aliphatic heterocycles. The zero-order valence-corrected chi connectivity index (χ0v) is 14.9. The fourth-order valence-corrected chi connectivity index (χ4v) is 3.04. The van der Waals surface area contributed by atoms with Crippen molar-refractivity contribution in [2.75, 3.05) is 0 Å². The third-order valence-electron chi connectivity index (χ3n) is 4.57. The minimum atomic E-state index is -5.13. The van der Waals surface area contributed by atoms with Gasteiger partial charge in [0.2, 0.25) is 0 Å². The third kappa shape index (κ3) is 3.42. The number of nitrogens with zero attached hydrogens (tertiary/aromatic N) is 3. The average Bonchev–Trinajstić information content (AvgIpc) is 3.19. The Kier molecular flexibility index (Phi) is 4.63. The number of aromatic carboxylic acids is 1. The molecule has 1 aromatic carbocycles. The third-order valence-corrected chi connectivity index (χ3v) is 4.57. The molecule has 156 valence electrons. The van der Waals surface area contributed by atoms with Crippen molar-refractivity contribution in [1.82, 2.24) is 9.78 Å². The Balaban J connectivity index is 2.06. The van der Waals surface area contributed by atoms with E-state index in [1.807, 2.05) is 0 Å². The van der Waals surface area contributed by atoms with Crippen LogP contribution in [0.15, 0.2) is 29.4 Å². The number of carboxylic acids is 1. The molecule has 0 saturated heterocycles. The Hall–Kier alpha value is -3.05. The first kappa shape index (κ1) is 20.7. The maximum Gasteiger partial charge on any atom is 0.437 e. The highest BCUT2D eigenvalue weighted by Crippen LogP contribution is 2.49. The molecular weight excluding hydrogens is 408 g/mol. The number of hydrogen-bond donors (Lipinski definition) is 1. The highest BCUT2D eigenvalue weighted by molar-refractivity contribution is 6.03. The molecule has 1 aromatic heterocycles. The number of carbonyl (C=O) groups is 1. The summed E-state index contributed by atoms with van der Waals surface area (Å²) in [6.45, 7) is 1.51. The summed E-state index contributed by atoms with van der Waals surface area (Å²) in [5.74, 6) is -1.28. The Morgan fingerprint density at radius 3 is 2.38 bits per heavy atom. The Bertz CT molecular complexity index is 1010. The second-order valence-corrected chi connectivity index (χ2v) is 6.50. The Morgan fingerprint density at radius 2 is 1.86 bits per heavy atom. The van der Waals surface area contributed by atoms with E-state index in [1.54, 1.807) is 0 Å². The van der Waals surface area contributed by atoms with Gasteiger partial charge < -0.3 is 9.94 Å². The standard InChI is InChI=1S/C17H13F6N3O3/c1-8-3-4-9(5-10(8)14(27)28)11-7-15(29-25-11,17(21,22)23)13-6-12(16(18,19)20)24-26(13)2/h3-6H,7H2,1-2H3,(H,27,28). The first-order valence-corrected chi connectivity index (χ1v) is 8.04. The van der Waals surface area contributed by atoms with Crippen LogP contribution in [0.3, 0.4) is 0 Å². The van der Waals surface area contributed by atoms with Gasteiger partial charge in [-0.3, -0.25) is 4.68 Å². The molecule has 12 heteroatoms. The van der Waals surface area contributed by atoms with Crippen LogP contribution in [0.4, 0.5) is 26.3 Å². The van der Waals surface area contributed by atoms with E-state index in [0.717, 1.165) is 13.1 Å². The van der Waals surface area contributed by atoms with Gasteiger partial charge in [-0.15, -0.1) is 0 Å². The molecule has 0 amide bonds. The van der Waals surface area contributed by atoms with E-state index >= 15 is 0 Å². The fraction of sp³-hybridized carbons (Fsp3) is 0.353. The van der Waals surface area contributed by atoms with E-state index in [1.165, 1.54) is 19.1 Å². The summed E-state index contributed by atoms with van der Waals surface area (Å²) < 4.78 is 81.0. The van der Waals surface area contributed by atoms with Crippen molar-refractivity contribution in [3.8, 4) is 0 Å². The van der Waals surface area contributed by atoms with Gasteiger partial charge >= 0.3 is 18.3 Å². The summed E-state index contributed by atoms with van der Waals surface area (Å²) in [7, 11) is 0.938. The van der Waals surface area contributed by atoms with E-state index in [0.29, 0.717) is 10.2 Å². The van der Waals surface area contributed by atoms with Crippen molar-refractivity contribution in [2.45, 2.75) is 31.3 Å². The minimum Gasteiger partial charge on any atom is -0.478 e. The predicted molar refractivity (Wildman–Crippen MR) is 86.3 cm³/mol. The topological polar surface area (TPSA) is 76.7 Å². The van der Waals surface area contributed by atoms with Crippen molar-refractivity contribution in [3.05, 3.63) is 52.3 Å². The SMILES string of the molecule is Cc1ccc(C2=NOC(c3cc(C(F)(F)F)nn3C)(C(F)(F)F)C2)cc1C(=O)O. The zero-order valence-electron chi connectivity index (χ0n) is 14.9. The second kappa shape index (κ2) is 6.49. The largest absolute Gasteiger partial charge is 0.478 e. The molecule has 0 fully saturated rings. The molecule has 1 aliphatic rings. The van der Waals surface area contributed by atoms with Gasteiger partial charge in [0.1, 0.15) is 0 Å². The highest BCUT2D eigenvalue weighted by Gasteiger charge is 2.64. The van der Waals surface area contributed by atoms with Crippen molar-refractivity contribution in [2.24, 2.45) is 12.2 Å². The summed E-state index contributed by atoms with van der Waals surface area (Å²) in [5, 5.41) is 15.7. The predicted octanol–water partition coefficient (Wildman–Crippen LogP) is 4.03.